The van der Waals surface area contributed by atoms with Crippen LogP contribution in [0.3, 0.4) is 0 Å². The lowest BCUT2D eigenvalue weighted by Crippen LogP contribution is -2.26. The molecule has 0 atom stereocenters. The van der Waals surface area contributed by atoms with E-state index in [2.05, 4.69) is 20.5 Å². The smallest absolute Gasteiger partial charge is 0.252 e. The Morgan fingerprint density at radius 1 is 1.27 bits per heavy atom. The van der Waals surface area contributed by atoms with E-state index in [1.165, 1.54) is 13.3 Å². The maximum atomic E-state index is 12.0. The lowest BCUT2D eigenvalue weighted by molar-refractivity contribution is 0.0953. The lowest BCUT2D eigenvalue weighted by Gasteiger charge is -2.05. The van der Waals surface area contributed by atoms with Crippen LogP contribution in [0.2, 0.25) is 0 Å². The molecule has 0 saturated carbocycles. The molecule has 1 amide bonds. The van der Waals surface area contributed by atoms with Gasteiger partial charge in [0.25, 0.3) is 5.91 Å². The quantitative estimate of drug-likeness (QED) is 0.763. The summed E-state index contributed by atoms with van der Waals surface area (Å²) in [5.74, 6) is 1.11. The molecule has 0 aliphatic heterocycles. The minimum absolute atomic E-state index is 0.177. The number of rotatable bonds is 5. The van der Waals surface area contributed by atoms with Gasteiger partial charge in [0.1, 0.15) is 5.82 Å². The van der Waals surface area contributed by atoms with Crippen molar-refractivity contribution in [3.8, 4) is 5.88 Å². The predicted molar refractivity (Wildman–Crippen MR) is 79.8 cm³/mol. The zero-order valence-corrected chi connectivity index (χ0v) is 12.1. The Labute approximate surface area is 127 Å². The zero-order valence-electron chi connectivity index (χ0n) is 12.1. The molecular formula is C15H15N5O2. The Morgan fingerprint density at radius 3 is 2.95 bits per heavy atom. The van der Waals surface area contributed by atoms with E-state index in [0.29, 0.717) is 24.4 Å². The van der Waals surface area contributed by atoms with Gasteiger partial charge in [0.2, 0.25) is 5.88 Å². The first kappa shape index (κ1) is 14.0. The van der Waals surface area contributed by atoms with Crippen molar-refractivity contribution < 1.29 is 9.53 Å². The van der Waals surface area contributed by atoms with Crippen LogP contribution in [0.25, 0.3) is 5.65 Å². The molecule has 0 aliphatic carbocycles. The maximum Gasteiger partial charge on any atom is 0.252 e. The Bertz CT molecular complexity index is 782. The number of carbonyl (C=O) groups excluding carboxylic acids is 1. The Kier molecular flexibility index (Phi) is 3.95. The second kappa shape index (κ2) is 6.21. The minimum Gasteiger partial charge on any atom is -0.481 e. The first-order chi connectivity index (χ1) is 10.8. The SMILES string of the molecule is COc1ccc(C(=O)NCCc2nnc3ccccn23)cn1. The largest absolute Gasteiger partial charge is 0.481 e. The van der Waals surface area contributed by atoms with Crippen LogP contribution in [0.4, 0.5) is 0 Å². The average molecular weight is 297 g/mol. The van der Waals surface area contributed by atoms with E-state index in [4.69, 9.17) is 4.74 Å². The van der Waals surface area contributed by atoms with Crippen LogP contribution < -0.4 is 10.1 Å². The van der Waals surface area contributed by atoms with Gasteiger partial charge in [-0.15, -0.1) is 10.2 Å². The number of amides is 1. The highest BCUT2D eigenvalue weighted by Crippen LogP contribution is 2.07. The van der Waals surface area contributed by atoms with Gasteiger partial charge in [0, 0.05) is 31.4 Å². The highest BCUT2D eigenvalue weighted by atomic mass is 16.5. The highest BCUT2D eigenvalue weighted by Gasteiger charge is 2.08. The molecule has 0 unspecified atom stereocenters. The molecule has 0 bridgehead atoms. The van der Waals surface area contributed by atoms with Gasteiger partial charge < -0.3 is 10.1 Å². The molecule has 3 rings (SSSR count). The number of nitrogens with one attached hydrogen (secondary N) is 1. The topological polar surface area (TPSA) is 81.4 Å². The molecule has 7 nitrogen and oxygen atoms in total. The molecular weight excluding hydrogens is 282 g/mol. The van der Waals surface area contributed by atoms with Crippen LogP contribution in [0.5, 0.6) is 5.88 Å². The number of pyridine rings is 2. The Morgan fingerprint density at radius 2 is 2.18 bits per heavy atom. The summed E-state index contributed by atoms with van der Waals surface area (Å²) in [5.41, 5.74) is 1.29. The molecule has 0 saturated heterocycles. The van der Waals surface area contributed by atoms with E-state index < -0.39 is 0 Å². The third-order valence-electron chi connectivity index (χ3n) is 3.23. The van der Waals surface area contributed by atoms with Crippen molar-refractivity contribution in [1.82, 2.24) is 24.9 Å². The zero-order chi connectivity index (χ0) is 15.4. The second-order valence-electron chi connectivity index (χ2n) is 4.64. The Hall–Kier alpha value is -2.96. The van der Waals surface area contributed by atoms with E-state index in [9.17, 15) is 4.79 Å². The molecule has 0 aliphatic rings. The number of ether oxygens (including phenoxy) is 1. The molecule has 0 spiro atoms. The van der Waals surface area contributed by atoms with E-state index in [0.717, 1.165) is 11.5 Å². The number of methoxy groups -OCH3 is 1. The fourth-order valence-electron chi connectivity index (χ4n) is 2.09. The summed E-state index contributed by atoms with van der Waals surface area (Å²) in [4.78, 5) is 16.0. The van der Waals surface area contributed by atoms with Gasteiger partial charge in [-0.25, -0.2) is 4.98 Å². The normalized spacial score (nSPS) is 10.6. The van der Waals surface area contributed by atoms with Crippen LogP contribution in [0.1, 0.15) is 16.2 Å². The van der Waals surface area contributed by atoms with Gasteiger partial charge in [-0.1, -0.05) is 6.07 Å². The average Bonchev–Trinajstić information content (AvgIpc) is 2.98. The minimum atomic E-state index is -0.177. The molecule has 3 aromatic heterocycles. The van der Waals surface area contributed by atoms with Crippen LogP contribution in [0, 0.1) is 0 Å². The third kappa shape index (κ3) is 2.88. The summed E-state index contributed by atoms with van der Waals surface area (Å²) in [6.45, 7) is 0.473. The monoisotopic (exact) mass is 297 g/mol. The number of fused-ring (bicyclic) bond motifs is 1. The van der Waals surface area contributed by atoms with Crippen molar-refractivity contribution in [2.45, 2.75) is 6.42 Å². The number of hydrogen-bond donors (Lipinski definition) is 1. The molecule has 1 N–H and O–H groups in total. The van der Waals surface area contributed by atoms with Gasteiger partial charge in [0.15, 0.2) is 5.65 Å². The van der Waals surface area contributed by atoms with Gasteiger partial charge in [-0.3, -0.25) is 9.20 Å². The van der Waals surface area contributed by atoms with Gasteiger partial charge in [-0.2, -0.15) is 0 Å². The number of aromatic nitrogens is 4. The molecule has 0 fully saturated rings. The van der Waals surface area contributed by atoms with Gasteiger partial charge in [-0.05, 0) is 18.2 Å². The number of carbonyl (C=O) groups is 1. The van der Waals surface area contributed by atoms with E-state index in [1.54, 1.807) is 12.1 Å². The van der Waals surface area contributed by atoms with Gasteiger partial charge >= 0.3 is 0 Å². The molecule has 7 heteroatoms. The second-order valence-corrected chi connectivity index (χ2v) is 4.64. The first-order valence-electron chi connectivity index (χ1n) is 6.85. The summed E-state index contributed by atoms with van der Waals surface area (Å²) >= 11 is 0. The van der Waals surface area contributed by atoms with Crippen LogP contribution in [-0.2, 0) is 6.42 Å². The van der Waals surface area contributed by atoms with Gasteiger partial charge in [0.05, 0.1) is 12.7 Å². The van der Waals surface area contributed by atoms with E-state index >= 15 is 0 Å². The Balaban J connectivity index is 1.59. The van der Waals surface area contributed by atoms with Crippen LogP contribution in [0.15, 0.2) is 42.7 Å². The summed E-state index contributed by atoms with van der Waals surface area (Å²) in [6.07, 6.45) is 3.99. The molecule has 22 heavy (non-hydrogen) atoms. The summed E-state index contributed by atoms with van der Waals surface area (Å²) in [7, 11) is 1.53. The number of hydrogen-bond acceptors (Lipinski definition) is 5. The third-order valence-corrected chi connectivity index (χ3v) is 3.23. The van der Waals surface area contributed by atoms with Crippen molar-refractivity contribution >= 4 is 11.6 Å². The summed E-state index contributed by atoms with van der Waals surface area (Å²) in [6, 6.07) is 9.04. The number of nitrogens with zero attached hydrogens (tertiary/aromatic N) is 4. The van der Waals surface area contributed by atoms with E-state index in [-0.39, 0.29) is 5.91 Å². The predicted octanol–water partition coefficient (Wildman–Crippen LogP) is 1.11. The van der Waals surface area contributed by atoms with Crippen molar-refractivity contribution in [3.05, 3.63) is 54.1 Å². The van der Waals surface area contributed by atoms with Crippen molar-refractivity contribution in [2.75, 3.05) is 13.7 Å². The summed E-state index contributed by atoms with van der Waals surface area (Å²) < 4.78 is 6.86. The standard InChI is InChI=1S/C15H15N5O2/c1-22-14-6-5-11(10-17-14)15(21)16-8-7-13-19-18-12-4-2-3-9-20(12)13/h2-6,9-10H,7-8H2,1H3,(H,16,21). The maximum absolute atomic E-state index is 12.0. The van der Waals surface area contributed by atoms with Crippen LogP contribution in [-0.4, -0.2) is 39.1 Å². The first-order valence-corrected chi connectivity index (χ1v) is 6.85. The van der Waals surface area contributed by atoms with Crippen LogP contribution >= 0.6 is 0 Å². The fraction of sp³-hybridized carbons (Fsp3) is 0.200. The summed E-state index contributed by atoms with van der Waals surface area (Å²) in [5, 5.41) is 11.0. The molecule has 3 aromatic rings. The van der Waals surface area contributed by atoms with Crippen molar-refractivity contribution in [2.24, 2.45) is 0 Å². The lowest BCUT2D eigenvalue weighted by atomic mass is 10.2. The highest BCUT2D eigenvalue weighted by molar-refractivity contribution is 5.93. The molecule has 3 heterocycles. The molecule has 112 valence electrons. The molecule has 0 aromatic carbocycles. The molecule has 0 radical (unpaired) electrons. The fourth-order valence-corrected chi connectivity index (χ4v) is 2.09. The van der Waals surface area contributed by atoms with Crippen molar-refractivity contribution in [1.29, 1.82) is 0 Å². The van der Waals surface area contributed by atoms with Crippen molar-refractivity contribution in [3.63, 3.8) is 0 Å². The van der Waals surface area contributed by atoms with E-state index in [1.807, 2.05) is 28.8 Å².